The first-order valence-corrected chi connectivity index (χ1v) is 20.0. The van der Waals surface area contributed by atoms with E-state index in [0.29, 0.717) is 0 Å². The van der Waals surface area contributed by atoms with E-state index in [9.17, 15) is 0 Å². The minimum Gasteiger partial charge on any atom is -0.309 e. The molecule has 0 saturated carbocycles. The van der Waals surface area contributed by atoms with Gasteiger partial charge in [0.25, 0.3) is 0 Å². The fourth-order valence-electron chi connectivity index (χ4n) is 10.1. The first kappa shape index (κ1) is 31.4. The van der Waals surface area contributed by atoms with Crippen LogP contribution in [0.15, 0.2) is 206 Å². The van der Waals surface area contributed by atoms with Crippen molar-refractivity contribution >= 4 is 98.8 Å². The van der Waals surface area contributed by atoms with Crippen LogP contribution in [0.1, 0.15) is 0 Å². The maximum Gasteiger partial charge on any atom is 0.0782 e. The fourth-order valence-corrected chi connectivity index (χ4v) is 10.1. The zero-order valence-electron chi connectivity index (χ0n) is 31.4. The van der Waals surface area contributed by atoms with E-state index in [1.54, 1.807) is 0 Å². The predicted molar refractivity (Wildman–Crippen MR) is 244 cm³/mol. The average molecular weight is 739 g/mol. The van der Waals surface area contributed by atoms with Crippen molar-refractivity contribution in [2.75, 3.05) is 4.90 Å². The molecule has 0 radical (unpaired) electrons. The van der Waals surface area contributed by atoms with Crippen LogP contribution in [0.25, 0.3) is 93.1 Å². The minimum atomic E-state index is 1.08. The van der Waals surface area contributed by atoms with Gasteiger partial charge in [-0.3, -0.25) is 0 Å². The highest BCUT2D eigenvalue weighted by atomic mass is 15.2. The molecular weight excluding hydrogens is 705 g/mol. The minimum absolute atomic E-state index is 1.08. The summed E-state index contributed by atoms with van der Waals surface area (Å²) >= 11 is 0. The lowest BCUT2D eigenvalue weighted by Crippen LogP contribution is -2.12. The van der Waals surface area contributed by atoms with Crippen molar-refractivity contribution in [3.05, 3.63) is 206 Å². The summed E-state index contributed by atoms with van der Waals surface area (Å²) in [6.45, 7) is 0. The quantitative estimate of drug-likeness (QED) is 0.172. The number of benzene rings is 9. The van der Waals surface area contributed by atoms with Gasteiger partial charge in [-0.05, 0) is 84.2 Å². The van der Waals surface area contributed by atoms with Crippen LogP contribution in [0.2, 0.25) is 0 Å². The van der Waals surface area contributed by atoms with Gasteiger partial charge in [0, 0.05) is 60.5 Å². The molecule has 0 atom stereocenters. The molecule has 0 bridgehead atoms. The Labute approximate surface area is 333 Å². The molecule has 13 aromatic rings. The van der Waals surface area contributed by atoms with Gasteiger partial charge >= 0.3 is 0 Å². The number of fused-ring (bicyclic) bond motifs is 8. The SMILES string of the molecule is c1ccc(N(c2cccc(-n3c4cccc5c6cccc7c8ccccc8n(c8cccc3c8c54)c67)c2)c2cccc3c4ccccc4n(-c4ccccc4)c23)cc1. The Hall–Kier alpha value is -7.82. The van der Waals surface area contributed by atoms with Crippen LogP contribution in [0.5, 0.6) is 0 Å². The fraction of sp³-hybridized carbons (Fsp3) is 0. The van der Waals surface area contributed by atoms with Crippen LogP contribution in [-0.4, -0.2) is 13.5 Å². The molecule has 0 unspecified atom stereocenters. The first-order valence-electron chi connectivity index (χ1n) is 20.0. The van der Waals surface area contributed by atoms with Crippen LogP contribution in [0.3, 0.4) is 0 Å². The third-order valence-corrected chi connectivity index (χ3v) is 12.3. The molecule has 0 aliphatic rings. The van der Waals surface area contributed by atoms with E-state index in [2.05, 4.69) is 225 Å². The van der Waals surface area contributed by atoms with Gasteiger partial charge in [-0.25, -0.2) is 0 Å². The van der Waals surface area contributed by atoms with Gasteiger partial charge in [0.15, 0.2) is 0 Å². The Balaban J connectivity index is 1.12. The summed E-state index contributed by atoms with van der Waals surface area (Å²) in [7, 11) is 0. The Morgan fingerprint density at radius 2 is 0.793 bits per heavy atom. The number of hydrogen-bond donors (Lipinski definition) is 0. The van der Waals surface area contributed by atoms with Gasteiger partial charge in [0.2, 0.25) is 0 Å². The Morgan fingerprint density at radius 1 is 0.293 bits per heavy atom. The summed E-state index contributed by atoms with van der Waals surface area (Å²) in [4.78, 5) is 2.43. The normalized spacial score (nSPS) is 12.1. The van der Waals surface area contributed by atoms with Crippen LogP contribution in [-0.2, 0) is 0 Å². The summed E-state index contributed by atoms with van der Waals surface area (Å²) < 4.78 is 7.41. The van der Waals surface area contributed by atoms with Crippen LogP contribution < -0.4 is 4.90 Å². The summed E-state index contributed by atoms with van der Waals surface area (Å²) in [5.41, 5.74) is 14.0. The van der Waals surface area contributed by atoms with E-state index in [1.807, 2.05) is 0 Å². The van der Waals surface area contributed by atoms with Crippen molar-refractivity contribution in [1.82, 2.24) is 13.5 Å². The molecule has 4 nitrogen and oxygen atoms in total. The van der Waals surface area contributed by atoms with Gasteiger partial charge in [-0.1, -0.05) is 127 Å². The third-order valence-electron chi connectivity index (χ3n) is 12.3. The van der Waals surface area contributed by atoms with E-state index in [-0.39, 0.29) is 0 Å². The zero-order valence-corrected chi connectivity index (χ0v) is 31.4. The van der Waals surface area contributed by atoms with Crippen molar-refractivity contribution in [1.29, 1.82) is 0 Å². The molecule has 4 heteroatoms. The van der Waals surface area contributed by atoms with Crippen molar-refractivity contribution in [3.8, 4) is 11.4 Å². The number of hydrogen-bond acceptors (Lipinski definition) is 1. The maximum atomic E-state index is 2.51. The maximum absolute atomic E-state index is 2.51. The Bertz CT molecular complexity index is 3740. The van der Waals surface area contributed by atoms with E-state index in [4.69, 9.17) is 0 Å². The zero-order chi connectivity index (χ0) is 37.9. The summed E-state index contributed by atoms with van der Waals surface area (Å²) in [5, 5.41) is 10.1. The van der Waals surface area contributed by atoms with Gasteiger partial charge in [-0.15, -0.1) is 0 Å². The lowest BCUT2D eigenvalue weighted by atomic mass is 10.0. The van der Waals surface area contributed by atoms with E-state index >= 15 is 0 Å². The molecule has 9 aromatic carbocycles. The second-order valence-electron chi connectivity index (χ2n) is 15.3. The molecule has 0 amide bonds. The molecule has 0 fully saturated rings. The molecule has 4 heterocycles. The molecule has 0 spiro atoms. The van der Waals surface area contributed by atoms with Gasteiger partial charge in [0.1, 0.15) is 0 Å². The van der Waals surface area contributed by atoms with Crippen molar-refractivity contribution in [3.63, 3.8) is 0 Å². The van der Waals surface area contributed by atoms with Crippen LogP contribution >= 0.6 is 0 Å². The highest BCUT2D eigenvalue weighted by molar-refractivity contribution is 6.31. The molecule has 0 aliphatic heterocycles. The monoisotopic (exact) mass is 738 g/mol. The number of anilines is 3. The molecule has 4 aromatic heterocycles. The van der Waals surface area contributed by atoms with Crippen molar-refractivity contribution in [2.24, 2.45) is 0 Å². The predicted octanol–water partition coefficient (Wildman–Crippen LogP) is 14.5. The second kappa shape index (κ2) is 11.8. The summed E-state index contributed by atoms with van der Waals surface area (Å²) in [5.74, 6) is 0. The molecule has 58 heavy (non-hydrogen) atoms. The smallest absolute Gasteiger partial charge is 0.0782 e. The molecule has 270 valence electrons. The average Bonchev–Trinajstić information content (AvgIpc) is 3.91. The van der Waals surface area contributed by atoms with Gasteiger partial charge in [0.05, 0.1) is 44.3 Å². The topological polar surface area (TPSA) is 17.5 Å². The number of aromatic nitrogens is 3. The van der Waals surface area contributed by atoms with Crippen LogP contribution in [0.4, 0.5) is 17.1 Å². The highest BCUT2D eigenvalue weighted by Gasteiger charge is 2.24. The number of nitrogens with zero attached hydrogens (tertiary/aromatic N) is 4. The van der Waals surface area contributed by atoms with E-state index in [0.717, 1.165) is 28.4 Å². The molecular formula is C54H34N4. The van der Waals surface area contributed by atoms with E-state index < -0.39 is 0 Å². The third kappa shape index (κ3) is 4.18. The second-order valence-corrected chi connectivity index (χ2v) is 15.3. The molecule has 0 N–H and O–H groups in total. The van der Waals surface area contributed by atoms with Crippen molar-refractivity contribution < 1.29 is 0 Å². The van der Waals surface area contributed by atoms with Crippen molar-refractivity contribution in [2.45, 2.75) is 0 Å². The number of rotatable bonds is 5. The van der Waals surface area contributed by atoms with Crippen LogP contribution in [0, 0.1) is 0 Å². The lowest BCUT2D eigenvalue weighted by Gasteiger charge is -2.27. The molecule has 13 rings (SSSR count). The standard InChI is InChI=1S/C54H34N4/c1-3-16-35(17-4-1)55(50-33-14-27-43-40-23-7-9-28-45(40)57(54(43)50)36-18-5-2-6-19-36)37-20-11-21-38(34-37)56-47-30-13-24-41-44-26-12-25-42-39-22-8-10-29-46(39)58(53(42)44)49-32-15-31-48(56)52(49)51(41)47/h1-34H. The Morgan fingerprint density at radius 3 is 1.60 bits per heavy atom. The first-order chi connectivity index (χ1) is 28.8. The molecule has 0 aliphatic carbocycles. The number of para-hydroxylation sites is 6. The van der Waals surface area contributed by atoms with Gasteiger partial charge < -0.3 is 18.4 Å². The highest BCUT2D eigenvalue weighted by Crippen LogP contribution is 2.46. The largest absolute Gasteiger partial charge is 0.309 e. The van der Waals surface area contributed by atoms with E-state index in [1.165, 1.54) is 81.7 Å². The molecule has 0 saturated heterocycles. The summed E-state index contributed by atoms with van der Waals surface area (Å²) in [6.07, 6.45) is 0. The van der Waals surface area contributed by atoms with Gasteiger partial charge in [-0.2, -0.15) is 0 Å². The lowest BCUT2D eigenvalue weighted by molar-refractivity contribution is 1.16. The summed E-state index contributed by atoms with van der Waals surface area (Å²) in [6, 6.07) is 75.4. The Kier molecular flexibility index (Phi) is 6.41.